The van der Waals surface area contributed by atoms with E-state index in [0.717, 1.165) is 54.6 Å². The lowest BCUT2D eigenvalue weighted by Gasteiger charge is -2.33. The second-order valence-electron chi connectivity index (χ2n) is 8.54. The maximum Gasteiger partial charge on any atom is 0.196 e. The minimum Gasteiger partial charge on any atom is -0.354 e. The van der Waals surface area contributed by atoms with E-state index in [2.05, 4.69) is 33.2 Å². The van der Waals surface area contributed by atoms with Crippen LogP contribution < -0.4 is 10.2 Å². The van der Waals surface area contributed by atoms with Crippen LogP contribution in [0.3, 0.4) is 0 Å². The standard InChI is InChI=1S/C24H25N7OS4/c1-30-7-9-31(10-8-30)22-13-21(27-23-26-15-18(14-25)35-23)28-24(29-22)34-17-4-2-16(3-5-17)12-19(32)20-6-11-33-36-20/h2-5,13,15,20H,6-12H2,1H3,(H,26,27,28,29). The molecular weight excluding hydrogens is 531 g/mol. The fourth-order valence-corrected chi connectivity index (χ4v) is 8.07. The number of hydrogen-bond donors (Lipinski definition) is 1. The van der Waals surface area contributed by atoms with E-state index in [4.69, 9.17) is 15.2 Å². The van der Waals surface area contributed by atoms with E-state index >= 15 is 0 Å². The number of nitrogens with zero attached hydrogens (tertiary/aromatic N) is 6. The van der Waals surface area contributed by atoms with Gasteiger partial charge in [0, 0.05) is 49.3 Å². The fourth-order valence-electron chi connectivity index (χ4n) is 3.86. The number of piperazine rings is 1. The number of rotatable bonds is 8. The number of thiazole rings is 1. The fraction of sp³-hybridized carbons (Fsp3) is 0.375. The molecule has 2 fully saturated rings. The number of aromatic nitrogens is 3. The maximum atomic E-state index is 12.5. The minimum atomic E-state index is 0.128. The van der Waals surface area contributed by atoms with E-state index in [1.807, 2.05) is 30.3 Å². The van der Waals surface area contributed by atoms with Crippen molar-refractivity contribution in [3.05, 3.63) is 47.0 Å². The van der Waals surface area contributed by atoms with Crippen LogP contribution in [0, 0.1) is 11.3 Å². The van der Waals surface area contributed by atoms with Gasteiger partial charge in [-0.2, -0.15) is 5.26 Å². The molecule has 12 heteroatoms. The zero-order valence-electron chi connectivity index (χ0n) is 19.7. The highest BCUT2D eigenvalue weighted by atomic mass is 33.1. The lowest BCUT2D eigenvalue weighted by Crippen LogP contribution is -2.44. The number of likely N-dealkylation sites (N-methyl/N-ethyl adjacent to an activating group) is 1. The first-order chi connectivity index (χ1) is 17.6. The molecule has 1 atom stereocenters. The SMILES string of the molecule is CN1CCN(c2cc(Nc3ncc(C#N)s3)nc(Sc3ccc(CC(=O)C4CCSS4)cc3)n2)CC1. The molecule has 1 unspecified atom stereocenters. The number of hydrogen-bond acceptors (Lipinski definition) is 12. The Morgan fingerprint density at radius 2 is 2.03 bits per heavy atom. The summed E-state index contributed by atoms with van der Waals surface area (Å²) in [5.41, 5.74) is 1.04. The lowest BCUT2D eigenvalue weighted by atomic mass is 10.1. The van der Waals surface area contributed by atoms with Gasteiger partial charge in [-0.1, -0.05) is 45.1 Å². The molecule has 2 aliphatic rings. The van der Waals surface area contributed by atoms with Crippen LogP contribution in [-0.4, -0.2) is 69.9 Å². The van der Waals surface area contributed by atoms with E-state index < -0.39 is 0 Å². The third kappa shape index (κ3) is 6.52. The van der Waals surface area contributed by atoms with Gasteiger partial charge in [0.1, 0.15) is 22.6 Å². The van der Waals surface area contributed by atoms with E-state index in [1.54, 1.807) is 27.8 Å². The van der Waals surface area contributed by atoms with Crippen molar-refractivity contribution in [1.82, 2.24) is 19.9 Å². The zero-order chi connectivity index (χ0) is 24.9. The Kier molecular flexibility index (Phi) is 8.33. The summed E-state index contributed by atoms with van der Waals surface area (Å²) in [4.78, 5) is 32.5. The summed E-state index contributed by atoms with van der Waals surface area (Å²) < 4.78 is 0. The van der Waals surface area contributed by atoms with Gasteiger partial charge >= 0.3 is 0 Å². The van der Waals surface area contributed by atoms with Gasteiger partial charge in [-0.15, -0.1) is 0 Å². The molecule has 8 nitrogen and oxygen atoms in total. The van der Waals surface area contributed by atoms with E-state index in [9.17, 15) is 4.79 Å². The monoisotopic (exact) mass is 555 g/mol. The number of carbonyl (C=O) groups excluding carboxylic acids is 1. The molecule has 0 amide bonds. The number of carbonyl (C=O) groups is 1. The third-order valence-corrected chi connectivity index (χ3v) is 10.5. The van der Waals surface area contributed by atoms with Crippen molar-refractivity contribution in [2.24, 2.45) is 0 Å². The Bertz CT molecular complexity index is 1250. The summed E-state index contributed by atoms with van der Waals surface area (Å²) in [5, 5.41) is 13.7. The first kappa shape index (κ1) is 25.4. The van der Waals surface area contributed by atoms with Crippen LogP contribution in [-0.2, 0) is 11.2 Å². The van der Waals surface area contributed by atoms with Crippen molar-refractivity contribution in [1.29, 1.82) is 5.26 Å². The second-order valence-corrected chi connectivity index (χ2v) is 13.3. The van der Waals surface area contributed by atoms with Crippen molar-refractivity contribution in [3.63, 3.8) is 0 Å². The van der Waals surface area contributed by atoms with Crippen molar-refractivity contribution in [3.8, 4) is 6.07 Å². The molecule has 0 radical (unpaired) electrons. The first-order valence-corrected chi connectivity index (χ1v) is 15.6. The molecule has 2 aromatic heterocycles. The molecule has 0 saturated carbocycles. The molecule has 0 spiro atoms. The van der Waals surface area contributed by atoms with Gasteiger partial charge in [0.15, 0.2) is 16.1 Å². The summed E-state index contributed by atoms with van der Waals surface area (Å²) in [6, 6.07) is 12.2. The highest BCUT2D eigenvalue weighted by molar-refractivity contribution is 8.77. The van der Waals surface area contributed by atoms with E-state index in [1.165, 1.54) is 23.1 Å². The molecule has 36 heavy (non-hydrogen) atoms. The smallest absolute Gasteiger partial charge is 0.196 e. The molecule has 0 bridgehead atoms. The zero-order valence-corrected chi connectivity index (χ0v) is 23.0. The van der Waals surface area contributed by atoms with Crippen LogP contribution >= 0.6 is 44.7 Å². The first-order valence-electron chi connectivity index (χ1n) is 11.6. The van der Waals surface area contributed by atoms with Gasteiger partial charge < -0.3 is 15.1 Å². The largest absolute Gasteiger partial charge is 0.354 e. The van der Waals surface area contributed by atoms with Crippen LogP contribution in [0.4, 0.5) is 16.8 Å². The Morgan fingerprint density at radius 1 is 1.22 bits per heavy atom. The Balaban J connectivity index is 1.33. The topological polar surface area (TPSA) is 98.0 Å². The average Bonchev–Trinajstić information content (AvgIpc) is 3.58. The van der Waals surface area contributed by atoms with Gasteiger partial charge in [0.25, 0.3) is 0 Å². The maximum absolute atomic E-state index is 12.5. The van der Waals surface area contributed by atoms with Crippen LogP contribution in [0.25, 0.3) is 0 Å². The summed E-state index contributed by atoms with van der Waals surface area (Å²) in [5.74, 6) is 2.89. The quantitative estimate of drug-likeness (QED) is 0.309. The van der Waals surface area contributed by atoms with Crippen molar-refractivity contribution < 1.29 is 4.79 Å². The molecule has 2 saturated heterocycles. The van der Waals surface area contributed by atoms with E-state index in [0.29, 0.717) is 33.2 Å². The molecular formula is C24H25N7OS4. The van der Waals surface area contributed by atoms with Crippen molar-refractivity contribution >= 4 is 67.2 Å². The number of benzene rings is 1. The van der Waals surface area contributed by atoms with Gasteiger partial charge in [0.05, 0.1) is 11.4 Å². The Morgan fingerprint density at radius 3 is 2.72 bits per heavy atom. The number of anilines is 3. The van der Waals surface area contributed by atoms with Crippen molar-refractivity contribution in [2.45, 2.75) is 28.1 Å². The summed E-state index contributed by atoms with van der Waals surface area (Å²) in [6.07, 6.45) is 3.01. The number of ketones is 1. The predicted molar refractivity (Wildman–Crippen MR) is 150 cm³/mol. The number of nitrogens with one attached hydrogen (secondary N) is 1. The molecule has 4 heterocycles. The molecule has 2 aliphatic heterocycles. The lowest BCUT2D eigenvalue weighted by molar-refractivity contribution is -0.117. The summed E-state index contributed by atoms with van der Waals surface area (Å²) in [7, 11) is 5.63. The highest BCUT2D eigenvalue weighted by Crippen LogP contribution is 2.38. The summed E-state index contributed by atoms with van der Waals surface area (Å²) in [6.45, 7) is 3.75. The van der Waals surface area contributed by atoms with Gasteiger partial charge in [0.2, 0.25) is 0 Å². The molecule has 1 aromatic carbocycles. The van der Waals surface area contributed by atoms with Crippen molar-refractivity contribution in [2.75, 3.05) is 49.2 Å². The minimum absolute atomic E-state index is 0.128. The van der Waals surface area contributed by atoms with Gasteiger partial charge in [-0.05, 0) is 42.9 Å². The van der Waals surface area contributed by atoms with Crippen LogP contribution in [0.5, 0.6) is 0 Å². The summed E-state index contributed by atoms with van der Waals surface area (Å²) >= 11 is 2.79. The normalized spacial score (nSPS) is 18.2. The number of nitriles is 1. The molecule has 5 rings (SSSR count). The second kappa shape index (κ2) is 11.8. The Hall–Kier alpha value is -2.30. The van der Waals surface area contributed by atoms with Gasteiger partial charge in [-0.3, -0.25) is 4.79 Å². The average molecular weight is 556 g/mol. The molecule has 0 aliphatic carbocycles. The Labute approximate surface area is 226 Å². The molecule has 186 valence electrons. The van der Waals surface area contributed by atoms with Crippen LogP contribution in [0.2, 0.25) is 0 Å². The molecule has 1 N–H and O–H groups in total. The predicted octanol–water partition coefficient (Wildman–Crippen LogP) is 4.72. The van der Waals surface area contributed by atoms with E-state index in [-0.39, 0.29) is 5.25 Å². The van der Waals surface area contributed by atoms with Crippen LogP contribution in [0.15, 0.2) is 46.6 Å². The third-order valence-electron chi connectivity index (χ3n) is 5.89. The number of Topliss-reactive ketones (excluding diaryl/α,β-unsaturated/α-hetero) is 1. The van der Waals surface area contributed by atoms with Gasteiger partial charge in [-0.25, -0.2) is 15.0 Å². The highest BCUT2D eigenvalue weighted by Gasteiger charge is 2.24. The van der Waals surface area contributed by atoms with Crippen LogP contribution in [0.1, 0.15) is 16.9 Å². The molecule has 3 aromatic rings.